The Kier molecular flexibility index (Phi) is 22.2. The quantitative estimate of drug-likeness (QED) is 0.0429. The Morgan fingerprint density at radius 1 is 0.511 bits per heavy atom. The molecule has 5 fully saturated rings. The number of likely N-dealkylation sites (N-methyl/N-ethyl adjacent to an activating group) is 2. The van der Waals surface area contributed by atoms with Crippen molar-refractivity contribution < 1.29 is 57.2 Å². The van der Waals surface area contributed by atoms with E-state index in [2.05, 4.69) is 84.1 Å². The van der Waals surface area contributed by atoms with E-state index >= 15 is 0 Å². The zero-order valence-corrected chi connectivity index (χ0v) is 56.8. The average Bonchev–Trinajstić information content (AvgIpc) is 2.06. The van der Waals surface area contributed by atoms with E-state index in [4.69, 9.17) is 28.4 Å². The van der Waals surface area contributed by atoms with E-state index < -0.39 is 47.6 Å². The minimum Gasteiger partial charge on any atom is -0.458 e. The first-order chi connectivity index (χ1) is 41.1. The van der Waals surface area contributed by atoms with Gasteiger partial charge in [-0.25, -0.2) is 19.2 Å². The first kappa shape index (κ1) is 69.5. The predicted molar refractivity (Wildman–Crippen MR) is 347 cm³/mol. The summed E-state index contributed by atoms with van der Waals surface area (Å²) in [5.74, 6) is -0.839. The van der Waals surface area contributed by atoms with Crippen molar-refractivity contribution in [2.45, 2.75) is 231 Å². The summed E-state index contributed by atoms with van der Waals surface area (Å²) >= 11 is 0. The normalized spacial score (nSPS) is 26.8. The van der Waals surface area contributed by atoms with E-state index in [1.54, 1.807) is 0 Å². The van der Waals surface area contributed by atoms with Gasteiger partial charge < -0.3 is 44.4 Å². The molecule has 88 heavy (non-hydrogen) atoms. The van der Waals surface area contributed by atoms with Crippen molar-refractivity contribution >= 4 is 65.4 Å². The number of rotatable bonds is 20. The van der Waals surface area contributed by atoms with Gasteiger partial charge in [0, 0.05) is 21.2 Å². The van der Waals surface area contributed by atoms with Gasteiger partial charge in [-0.05, 0) is 165 Å². The van der Waals surface area contributed by atoms with Gasteiger partial charge >= 0.3 is 24.0 Å². The van der Waals surface area contributed by atoms with E-state index in [0.717, 1.165) is 36.4 Å². The molecule has 3 unspecified atom stereocenters. The standard InChI is InChI=1S/2C27H36N2O4.C16H31NO4Si/c2*1-6-20-15-27(20,25(31)33-26(2,3)4)28-24(30)23-14-21(16-29(23)5)32-17-19-12-9-11-18-10-7-8-13-22(18)19;1-8-12-11-16(12,13(18)21-15(2,3)4)17-14(19)20-9-10-22(5,6)7/h2*7-13,20-21,23H,6,14-17H2,1-5H3,(H,28,30);12H,8-11H2,1-7H3,(H,17,19)/t20?,21-,23+,27+;20-,21+,23-,27+;/m10./s1. The lowest BCUT2D eigenvalue weighted by Crippen LogP contribution is -2.52. The van der Waals surface area contributed by atoms with Crippen LogP contribution in [0.2, 0.25) is 25.7 Å². The van der Waals surface area contributed by atoms with Gasteiger partial charge in [0.2, 0.25) is 11.8 Å². The fourth-order valence-corrected chi connectivity index (χ4v) is 12.9. The number of benzene rings is 4. The van der Waals surface area contributed by atoms with Gasteiger partial charge in [-0.1, -0.05) is 145 Å². The van der Waals surface area contributed by atoms with Gasteiger partial charge in [0.1, 0.15) is 33.4 Å². The molecule has 0 radical (unpaired) electrons. The smallest absolute Gasteiger partial charge is 0.408 e. The van der Waals surface area contributed by atoms with Gasteiger partial charge in [-0.3, -0.25) is 19.4 Å². The van der Waals surface area contributed by atoms with Crippen molar-refractivity contribution in [1.82, 2.24) is 25.8 Å². The number of likely N-dealkylation sites (tertiary alicyclic amines) is 2. The van der Waals surface area contributed by atoms with E-state index in [0.29, 0.717) is 65.0 Å². The molecule has 4 aromatic carbocycles. The van der Waals surface area contributed by atoms with Gasteiger partial charge in [-0.2, -0.15) is 0 Å². The number of ether oxygens (including phenoxy) is 6. The molecule has 0 bridgehead atoms. The number of carbonyl (C=O) groups is 6. The second-order valence-electron chi connectivity index (χ2n) is 29.4. The molecule has 10 atom stereocenters. The molecular weight excluding hydrogens is 1130 g/mol. The van der Waals surface area contributed by atoms with Crippen LogP contribution in [0.3, 0.4) is 0 Å². The SMILES string of the molecule is CCC1CC1(NC(=O)OCC[Si](C)(C)C)C(=O)OC(C)(C)C.CCC1C[C@@]1(NC(=O)[C@@H]1C[C@@H](OCc2cccc3ccccc23)CN1C)C(=O)OC(C)(C)C.CC[C@H]1C[C@]1(NC(=O)[C@@H]1C[C@@H](OCc2cccc3ccccc23)CN1C)C(=O)OC(C)(C)C. The Morgan fingerprint density at radius 2 is 0.852 bits per heavy atom. The molecule has 3 saturated carbocycles. The number of carbonyl (C=O) groups excluding carboxylic acids is 6. The van der Waals surface area contributed by atoms with Crippen molar-refractivity contribution in [2.24, 2.45) is 17.8 Å². The zero-order chi connectivity index (χ0) is 64.8. The Bertz CT molecular complexity index is 2930. The maximum absolute atomic E-state index is 13.2. The Morgan fingerprint density at radius 3 is 1.18 bits per heavy atom. The summed E-state index contributed by atoms with van der Waals surface area (Å²) in [6.45, 7) is 32.2. The number of nitrogens with one attached hydrogen (secondary N) is 3. The second-order valence-corrected chi connectivity index (χ2v) is 35.0. The Hall–Kier alpha value is -5.92. The van der Waals surface area contributed by atoms with Gasteiger partial charge in [0.15, 0.2) is 0 Å². The maximum atomic E-state index is 13.2. The maximum Gasteiger partial charge on any atom is 0.408 e. The molecule has 4 aromatic rings. The third kappa shape index (κ3) is 18.2. The van der Waals surface area contributed by atoms with E-state index in [1.807, 2.05) is 143 Å². The van der Waals surface area contributed by atoms with Crippen LogP contribution in [0.5, 0.6) is 0 Å². The summed E-state index contributed by atoms with van der Waals surface area (Å²) in [5.41, 5.74) is -2.09. The summed E-state index contributed by atoms with van der Waals surface area (Å²) in [6, 6.07) is 29.3. The lowest BCUT2D eigenvalue weighted by molar-refractivity contribution is -0.161. The second kappa shape index (κ2) is 28.1. The minimum atomic E-state index is -1.24. The van der Waals surface area contributed by atoms with Crippen LogP contribution in [0.25, 0.3) is 21.5 Å². The number of fused-ring (bicyclic) bond motifs is 2. The molecule has 3 N–H and O–H groups in total. The minimum absolute atomic E-state index is 0.0385. The fourth-order valence-electron chi connectivity index (χ4n) is 12.2. The number of hydrogen-bond donors (Lipinski definition) is 3. The van der Waals surface area contributed by atoms with Crippen molar-refractivity contribution in [3.8, 4) is 0 Å². The van der Waals surface area contributed by atoms with E-state index in [9.17, 15) is 28.8 Å². The molecule has 3 aliphatic carbocycles. The topological polar surface area (TPSA) is 200 Å². The van der Waals surface area contributed by atoms with Gasteiger partial charge in [0.05, 0.1) is 44.1 Å². The summed E-state index contributed by atoms with van der Waals surface area (Å²) in [7, 11) is 2.64. The predicted octanol–water partition coefficient (Wildman–Crippen LogP) is 11.7. The largest absolute Gasteiger partial charge is 0.458 e. The number of esters is 3. The molecule has 484 valence electrons. The summed E-state index contributed by atoms with van der Waals surface area (Å²) in [5, 5.41) is 13.7. The molecule has 17 nitrogen and oxygen atoms in total. The fraction of sp³-hybridized carbons (Fsp3) is 0.629. The highest BCUT2D eigenvalue weighted by molar-refractivity contribution is 6.76. The number of alkyl carbamates (subject to hydrolysis) is 1. The highest BCUT2D eigenvalue weighted by Crippen LogP contribution is 2.50. The molecular formula is C70H103N5O12Si. The van der Waals surface area contributed by atoms with Crippen LogP contribution in [0.1, 0.15) is 146 Å². The third-order valence-electron chi connectivity index (χ3n) is 17.5. The monoisotopic (exact) mass is 1230 g/mol. The summed E-state index contributed by atoms with van der Waals surface area (Å²) in [6.07, 6.45) is 5.02. The number of amides is 3. The highest BCUT2D eigenvalue weighted by atomic mass is 28.3. The molecule has 9 rings (SSSR count). The van der Waals surface area contributed by atoms with Crippen molar-refractivity contribution in [3.63, 3.8) is 0 Å². The Labute approximate surface area is 524 Å². The van der Waals surface area contributed by atoms with Crippen LogP contribution >= 0.6 is 0 Å². The van der Waals surface area contributed by atoms with Gasteiger partial charge in [0.25, 0.3) is 0 Å². The number of nitrogens with zero attached hydrogens (tertiary/aromatic N) is 2. The highest BCUT2D eigenvalue weighted by Gasteiger charge is 2.64. The molecule has 2 saturated heterocycles. The van der Waals surface area contributed by atoms with Crippen LogP contribution < -0.4 is 16.0 Å². The van der Waals surface area contributed by atoms with Crippen LogP contribution in [0.15, 0.2) is 84.9 Å². The van der Waals surface area contributed by atoms with Crippen molar-refractivity contribution in [1.29, 1.82) is 0 Å². The molecule has 3 amide bonds. The van der Waals surface area contributed by atoms with E-state index in [1.165, 1.54) is 21.5 Å². The molecule has 18 heteroatoms. The zero-order valence-electron chi connectivity index (χ0n) is 55.8. The molecule has 0 aromatic heterocycles. The first-order valence-electron chi connectivity index (χ1n) is 32.0. The van der Waals surface area contributed by atoms with Crippen LogP contribution in [0.4, 0.5) is 4.79 Å². The van der Waals surface area contributed by atoms with Crippen LogP contribution in [0, 0.1) is 17.8 Å². The summed E-state index contributed by atoms with van der Waals surface area (Å²) < 4.78 is 34.4. The molecule has 2 aliphatic heterocycles. The van der Waals surface area contributed by atoms with Gasteiger partial charge in [-0.15, -0.1) is 0 Å². The molecule has 0 spiro atoms. The lowest BCUT2D eigenvalue weighted by Gasteiger charge is -2.27. The third-order valence-corrected chi connectivity index (χ3v) is 19.2. The molecule has 5 aliphatic rings. The van der Waals surface area contributed by atoms with Crippen LogP contribution in [-0.2, 0) is 65.6 Å². The lowest BCUT2D eigenvalue weighted by atomic mass is 10.1. The van der Waals surface area contributed by atoms with E-state index in [-0.39, 0.29) is 71.8 Å². The average molecular weight is 1230 g/mol. The van der Waals surface area contributed by atoms with Crippen LogP contribution in [-0.4, -0.2) is 145 Å². The van der Waals surface area contributed by atoms with Crippen molar-refractivity contribution in [2.75, 3.05) is 33.8 Å². The molecule has 2 heterocycles. The number of hydrogen-bond acceptors (Lipinski definition) is 14. The summed E-state index contributed by atoms with van der Waals surface area (Å²) in [4.78, 5) is 80.7. The Balaban J connectivity index is 0.000000193. The van der Waals surface area contributed by atoms with Crippen molar-refractivity contribution in [3.05, 3.63) is 96.1 Å². The first-order valence-corrected chi connectivity index (χ1v) is 35.7.